The van der Waals surface area contributed by atoms with E-state index in [0.717, 1.165) is 20.8 Å². The minimum Gasteiger partial charge on any atom is -0.312 e. The van der Waals surface area contributed by atoms with Gasteiger partial charge in [0.1, 0.15) is 0 Å². The number of thiol groups is 1. The predicted octanol–water partition coefficient (Wildman–Crippen LogP) is -2.31. The van der Waals surface area contributed by atoms with Crippen LogP contribution < -0.4 is 0 Å². The average Bonchev–Trinajstić information content (AvgIpc) is 0.811. The lowest BCUT2D eigenvalue weighted by Crippen LogP contribution is -1.96. The molecule has 1 nitrogen and oxygen atoms in total. The third-order valence-electron chi connectivity index (χ3n) is 0. The zero-order chi connectivity index (χ0) is 3.58. The summed E-state index contributed by atoms with van der Waals surface area (Å²) >= 11 is 3.92. The Morgan fingerprint density at radius 3 is 1.50 bits per heavy atom. The van der Waals surface area contributed by atoms with E-state index >= 15 is 0 Å². The van der Waals surface area contributed by atoms with Crippen molar-refractivity contribution in [2.24, 2.45) is 0 Å². The number of hydrogen-bond acceptors (Lipinski definition) is 2. The molecule has 0 spiro atoms. The molecule has 0 radical (unpaired) electrons. The van der Waals surface area contributed by atoms with Crippen molar-refractivity contribution in [1.29, 1.82) is 0 Å². The van der Waals surface area contributed by atoms with Crippen LogP contribution in [-0.2, 0) is 0 Å². The molecule has 4 heavy (non-hydrogen) atoms. The number of nitrogens with zero attached hydrogens (tertiary/aromatic N) is 1. The summed E-state index contributed by atoms with van der Waals surface area (Å²) < 4.78 is 1.97. The van der Waals surface area contributed by atoms with E-state index in [1.165, 1.54) is 0 Å². The highest BCUT2D eigenvalue weighted by molar-refractivity contribution is 7.79. The fraction of sp³-hybridized carbons (Fsp3) is 0. The summed E-state index contributed by atoms with van der Waals surface area (Å²) in [6, 6.07) is 0. The van der Waals surface area contributed by atoms with Gasteiger partial charge in [0.05, 0.1) is 20.8 Å². The Morgan fingerprint density at radius 1 is 1.50 bits per heavy atom. The first-order valence-electron chi connectivity index (χ1n) is 1.09. The Hall–Kier alpha value is 0.744. The van der Waals surface area contributed by atoms with Gasteiger partial charge in [0, 0.05) is 0 Å². The molecule has 0 aliphatic heterocycles. The van der Waals surface area contributed by atoms with Crippen molar-refractivity contribution in [2.75, 3.05) is 0 Å². The summed E-state index contributed by atoms with van der Waals surface area (Å²) in [5.74, 6) is 0. The summed E-state index contributed by atoms with van der Waals surface area (Å²) in [5.41, 5.74) is 0. The SMILES string of the molecule is [SiH3]N([SiH3])S. The molecule has 0 fully saturated rings. The average molecular weight is 109 g/mol. The normalized spacial score (nSPS) is 10.5. The molecular weight excluding hydrogens is 102 g/mol. The molecule has 0 aliphatic rings. The molecule has 0 bridgehead atoms. The van der Waals surface area contributed by atoms with Gasteiger partial charge in [-0.25, -0.2) is 0 Å². The fourth-order valence-corrected chi connectivity index (χ4v) is 0. The number of rotatable bonds is 0. The van der Waals surface area contributed by atoms with Crippen molar-refractivity contribution in [3.8, 4) is 0 Å². The van der Waals surface area contributed by atoms with Gasteiger partial charge in [-0.15, -0.1) is 12.8 Å². The minimum absolute atomic E-state index is 1.11. The molecule has 26 valence electrons. The van der Waals surface area contributed by atoms with E-state index in [9.17, 15) is 0 Å². The van der Waals surface area contributed by atoms with E-state index in [1.54, 1.807) is 0 Å². The summed E-state index contributed by atoms with van der Waals surface area (Å²) in [4.78, 5) is 0. The van der Waals surface area contributed by atoms with Gasteiger partial charge in [0.2, 0.25) is 0 Å². The van der Waals surface area contributed by atoms with Crippen LogP contribution in [0, 0.1) is 0 Å². The second kappa shape index (κ2) is 2.01. The van der Waals surface area contributed by atoms with E-state index in [1.807, 2.05) is 3.64 Å². The largest absolute Gasteiger partial charge is 0.312 e. The maximum Gasteiger partial charge on any atom is 0.0816 e. The van der Waals surface area contributed by atoms with Crippen molar-refractivity contribution in [3.05, 3.63) is 0 Å². The zero-order valence-electron chi connectivity index (χ0n) is 2.89. The maximum atomic E-state index is 3.92. The highest BCUT2D eigenvalue weighted by atomic mass is 32.1. The molecule has 0 aromatic heterocycles. The van der Waals surface area contributed by atoms with Crippen molar-refractivity contribution >= 4 is 33.6 Å². The topological polar surface area (TPSA) is 3.24 Å². The molecule has 0 saturated heterocycles. The van der Waals surface area contributed by atoms with Crippen LogP contribution in [0.4, 0.5) is 0 Å². The highest BCUT2D eigenvalue weighted by Crippen LogP contribution is 1.66. The summed E-state index contributed by atoms with van der Waals surface area (Å²) in [6.45, 7) is 0. The predicted molar refractivity (Wildman–Crippen MR) is 30.7 cm³/mol. The smallest absolute Gasteiger partial charge is 0.0816 e. The van der Waals surface area contributed by atoms with E-state index in [2.05, 4.69) is 12.8 Å². The Kier molecular flexibility index (Phi) is 2.38. The van der Waals surface area contributed by atoms with Gasteiger partial charge >= 0.3 is 0 Å². The second-order valence-electron chi connectivity index (χ2n) is 0.847. The third-order valence-corrected chi connectivity index (χ3v) is 0. The standard InChI is InChI=1S/H7NSSi2/c2-1(3)4/h2H,3-4H3. The van der Waals surface area contributed by atoms with Crippen LogP contribution in [0.25, 0.3) is 0 Å². The molecule has 0 N–H and O–H groups in total. The van der Waals surface area contributed by atoms with Crippen molar-refractivity contribution < 1.29 is 0 Å². The molecule has 0 heterocycles. The quantitative estimate of drug-likeness (QED) is 0.270. The molecular formula is H7NSSi2. The molecule has 0 rings (SSSR count). The monoisotopic (exact) mass is 109 g/mol. The molecule has 0 aromatic carbocycles. The van der Waals surface area contributed by atoms with Crippen LogP contribution in [0.15, 0.2) is 0 Å². The second-order valence-corrected chi connectivity index (χ2v) is 7.62. The van der Waals surface area contributed by atoms with Gasteiger partial charge in [-0.05, 0) is 0 Å². The van der Waals surface area contributed by atoms with Crippen molar-refractivity contribution in [1.82, 2.24) is 3.64 Å². The van der Waals surface area contributed by atoms with Crippen LogP contribution in [0.2, 0.25) is 0 Å². The first-order valence-corrected chi connectivity index (χ1v) is 3.28. The summed E-state index contributed by atoms with van der Waals surface area (Å²) in [6.07, 6.45) is 0. The number of hydrogen-bond donors (Lipinski definition) is 1. The lowest BCUT2D eigenvalue weighted by Gasteiger charge is -1.89. The lowest BCUT2D eigenvalue weighted by molar-refractivity contribution is 1.24. The van der Waals surface area contributed by atoms with Crippen LogP contribution in [0.5, 0.6) is 0 Å². The molecule has 0 aromatic rings. The van der Waals surface area contributed by atoms with Crippen molar-refractivity contribution in [2.45, 2.75) is 0 Å². The van der Waals surface area contributed by atoms with Gasteiger partial charge in [-0.1, -0.05) is 0 Å². The van der Waals surface area contributed by atoms with Crippen LogP contribution in [0.1, 0.15) is 0 Å². The molecule has 0 atom stereocenters. The van der Waals surface area contributed by atoms with Gasteiger partial charge < -0.3 is 3.64 Å². The molecule has 4 heteroatoms. The van der Waals surface area contributed by atoms with Gasteiger partial charge in [-0.3, -0.25) is 0 Å². The first kappa shape index (κ1) is 4.74. The van der Waals surface area contributed by atoms with Crippen molar-refractivity contribution in [3.63, 3.8) is 0 Å². The zero-order valence-corrected chi connectivity index (χ0v) is 7.79. The van der Waals surface area contributed by atoms with Crippen LogP contribution >= 0.6 is 12.8 Å². The molecule has 0 unspecified atom stereocenters. The Balaban J connectivity index is 2.32. The van der Waals surface area contributed by atoms with Gasteiger partial charge in [0.15, 0.2) is 0 Å². The fourth-order valence-electron chi connectivity index (χ4n) is 0. The van der Waals surface area contributed by atoms with E-state index < -0.39 is 0 Å². The third kappa shape index (κ3) is 15.1. The Labute approximate surface area is 37.9 Å². The highest BCUT2D eigenvalue weighted by Gasteiger charge is 1.60. The molecule has 0 saturated carbocycles. The summed E-state index contributed by atoms with van der Waals surface area (Å²) in [5, 5.41) is 0. The van der Waals surface area contributed by atoms with Gasteiger partial charge in [-0.2, -0.15) is 0 Å². The lowest BCUT2D eigenvalue weighted by atomic mass is 13.8. The van der Waals surface area contributed by atoms with Crippen LogP contribution in [0.3, 0.4) is 0 Å². The van der Waals surface area contributed by atoms with Crippen LogP contribution in [-0.4, -0.2) is 24.4 Å². The molecule has 0 aliphatic carbocycles. The minimum atomic E-state index is 1.11. The van der Waals surface area contributed by atoms with E-state index in [4.69, 9.17) is 0 Å². The Morgan fingerprint density at radius 2 is 1.50 bits per heavy atom. The first-order chi connectivity index (χ1) is 1.73. The Bertz CT molecular complexity index is 10.8. The van der Waals surface area contributed by atoms with Gasteiger partial charge in [0.25, 0.3) is 0 Å². The maximum absolute atomic E-state index is 3.92. The van der Waals surface area contributed by atoms with E-state index in [0.29, 0.717) is 0 Å². The molecule has 0 amide bonds. The summed E-state index contributed by atoms with van der Waals surface area (Å²) in [7, 11) is 2.22. The van der Waals surface area contributed by atoms with E-state index in [-0.39, 0.29) is 0 Å².